The largest absolute Gasteiger partial charge is 0.405 e. The molecule has 0 radical (unpaired) electrons. The normalized spacial score (nSPS) is 11.7. The van der Waals surface area contributed by atoms with E-state index in [0.29, 0.717) is 12.1 Å². The van der Waals surface area contributed by atoms with Crippen molar-refractivity contribution < 1.29 is 17.6 Å². The van der Waals surface area contributed by atoms with Crippen molar-refractivity contribution in [1.29, 1.82) is 0 Å². The Morgan fingerprint density at radius 1 is 1.21 bits per heavy atom. The zero-order valence-corrected chi connectivity index (χ0v) is 11.0. The number of halogens is 4. The van der Waals surface area contributed by atoms with Crippen molar-refractivity contribution in [2.75, 3.05) is 24.5 Å². The van der Waals surface area contributed by atoms with E-state index in [4.69, 9.17) is 0 Å². The molecule has 1 rings (SSSR count). The van der Waals surface area contributed by atoms with Gasteiger partial charge in [-0.15, -0.1) is 0 Å². The van der Waals surface area contributed by atoms with E-state index < -0.39 is 18.5 Å². The van der Waals surface area contributed by atoms with Crippen LogP contribution in [0.5, 0.6) is 0 Å². The Hall–Kier alpha value is -1.30. The molecule has 0 aromatic heterocycles. The SMILES string of the molecule is CCNCc1ccc(N(CC)CC(F)(F)F)c(F)c1. The molecular formula is C13H18F4N2. The third-order valence-electron chi connectivity index (χ3n) is 2.68. The van der Waals surface area contributed by atoms with Crippen molar-refractivity contribution in [3.8, 4) is 0 Å². The number of nitrogens with zero attached hydrogens (tertiary/aromatic N) is 1. The quantitative estimate of drug-likeness (QED) is 0.803. The zero-order valence-electron chi connectivity index (χ0n) is 11.0. The number of rotatable bonds is 6. The second-order valence-corrected chi connectivity index (χ2v) is 4.20. The molecule has 0 saturated heterocycles. The topological polar surface area (TPSA) is 15.3 Å². The van der Waals surface area contributed by atoms with Gasteiger partial charge in [0.05, 0.1) is 5.69 Å². The Bertz CT molecular complexity index is 404. The average Bonchev–Trinajstić information content (AvgIpc) is 2.33. The summed E-state index contributed by atoms with van der Waals surface area (Å²) in [5, 5.41) is 3.03. The van der Waals surface area contributed by atoms with E-state index in [1.54, 1.807) is 13.0 Å². The first-order valence-corrected chi connectivity index (χ1v) is 6.18. The number of nitrogens with one attached hydrogen (secondary N) is 1. The van der Waals surface area contributed by atoms with Gasteiger partial charge in [-0.05, 0) is 31.2 Å². The van der Waals surface area contributed by atoms with Crippen molar-refractivity contribution in [2.24, 2.45) is 0 Å². The highest BCUT2D eigenvalue weighted by atomic mass is 19.4. The van der Waals surface area contributed by atoms with Crippen molar-refractivity contribution in [2.45, 2.75) is 26.6 Å². The first kappa shape index (κ1) is 15.8. The molecule has 0 unspecified atom stereocenters. The first-order chi connectivity index (χ1) is 8.87. The van der Waals surface area contributed by atoms with Crippen LogP contribution in [0.25, 0.3) is 0 Å². The summed E-state index contributed by atoms with van der Waals surface area (Å²) in [6.45, 7) is 3.69. The first-order valence-electron chi connectivity index (χ1n) is 6.18. The van der Waals surface area contributed by atoms with Crippen LogP contribution in [0.2, 0.25) is 0 Å². The Labute approximate surface area is 110 Å². The maximum atomic E-state index is 13.9. The van der Waals surface area contributed by atoms with Crippen LogP contribution in [0.3, 0.4) is 0 Å². The maximum absolute atomic E-state index is 13.9. The second kappa shape index (κ2) is 6.75. The van der Waals surface area contributed by atoms with Gasteiger partial charge >= 0.3 is 6.18 Å². The molecule has 0 aliphatic rings. The summed E-state index contributed by atoms with van der Waals surface area (Å²) in [6.07, 6.45) is -4.34. The monoisotopic (exact) mass is 278 g/mol. The summed E-state index contributed by atoms with van der Waals surface area (Å²) in [7, 11) is 0. The van der Waals surface area contributed by atoms with Crippen molar-refractivity contribution in [3.63, 3.8) is 0 Å². The molecular weight excluding hydrogens is 260 g/mol. The second-order valence-electron chi connectivity index (χ2n) is 4.20. The van der Waals surface area contributed by atoms with Crippen molar-refractivity contribution >= 4 is 5.69 Å². The van der Waals surface area contributed by atoms with Crippen LogP contribution in [0.1, 0.15) is 19.4 Å². The highest BCUT2D eigenvalue weighted by molar-refractivity contribution is 5.49. The Morgan fingerprint density at radius 2 is 1.89 bits per heavy atom. The van der Waals surface area contributed by atoms with Gasteiger partial charge in [-0.2, -0.15) is 13.2 Å². The number of alkyl halides is 3. The van der Waals surface area contributed by atoms with Crippen LogP contribution in [0.4, 0.5) is 23.2 Å². The van der Waals surface area contributed by atoms with Crippen LogP contribution < -0.4 is 10.2 Å². The predicted molar refractivity (Wildman–Crippen MR) is 67.7 cm³/mol. The van der Waals surface area contributed by atoms with E-state index >= 15 is 0 Å². The molecule has 0 bridgehead atoms. The van der Waals surface area contributed by atoms with Gasteiger partial charge in [-0.3, -0.25) is 0 Å². The molecule has 108 valence electrons. The van der Waals surface area contributed by atoms with Gasteiger partial charge in [0.25, 0.3) is 0 Å². The van der Waals surface area contributed by atoms with Gasteiger partial charge in [0.2, 0.25) is 0 Å². The van der Waals surface area contributed by atoms with Gasteiger partial charge in [0.1, 0.15) is 12.4 Å². The lowest BCUT2D eigenvalue weighted by atomic mass is 10.1. The van der Waals surface area contributed by atoms with Crippen LogP contribution in [0.15, 0.2) is 18.2 Å². The van der Waals surface area contributed by atoms with Crippen molar-refractivity contribution in [3.05, 3.63) is 29.6 Å². The third kappa shape index (κ3) is 5.06. The van der Waals surface area contributed by atoms with Crippen LogP contribution in [-0.2, 0) is 6.54 Å². The molecule has 2 nitrogen and oxygen atoms in total. The molecule has 0 heterocycles. The molecule has 1 aromatic rings. The predicted octanol–water partition coefficient (Wildman–Crippen LogP) is 3.32. The average molecular weight is 278 g/mol. The lowest BCUT2D eigenvalue weighted by Crippen LogP contribution is -2.34. The summed E-state index contributed by atoms with van der Waals surface area (Å²) in [5.41, 5.74) is 0.700. The number of hydrogen-bond acceptors (Lipinski definition) is 2. The molecule has 1 aromatic carbocycles. The minimum atomic E-state index is -4.34. The van der Waals surface area contributed by atoms with Gasteiger partial charge in [0, 0.05) is 13.1 Å². The number of anilines is 1. The highest BCUT2D eigenvalue weighted by Crippen LogP contribution is 2.25. The fourth-order valence-corrected chi connectivity index (χ4v) is 1.77. The standard InChI is InChI=1S/C13H18F4N2/c1-3-18-8-10-5-6-12(11(14)7-10)19(4-2)9-13(15,16)17/h5-7,18H,3-4,8-9H2,1-2H3. The van der Waals surface area contributed by atoms with Gasteiger partial charge < -0.3 is 10.2 Å². The Balaban J connectivity index is 2.87. The molecule has 0 amide bonds. The molecule has 1 N–H and O–H groups in total. The molecule has 0 atom stereocenters. The summed E-state index contributed by atoms with van der Waals surface area (Å²) in [6, 6.07) is 4.31. The van der Waals surface area contributed by atoms with Crippen molar-refractivity contribution in [1.82, 2.24) is 5.32 Å². The van der Waals surface area contributed by atoms with Gasteiger partial charge in [0.15, 0.2) is 0 Å². The smallest absolute Gasteiger partial charge is 0.360 e. The lowest BCUT2D eigenvalue weighted by molar-refractivity contribution is -0.119. The summed E-state index contributed by atoms with van der Waals surface area (Å²) < 4.78 is 51.0. The molecule has 0 saturated carbocycles. The van der Waals surface area contributed by atoms with Gasteiger partial charge in [-0.1, -0.05) is 13.0 Å². The molecule has 6 heteroatoms. The van der Waals surface area contributed by atoms with Crippen LogP contribution in [-0.4, -0.2) is 25.8 Å². The minimum Gasteiger partial charge on any atom is -0.360 e. The zero-order chi connectivity index (χ0) is 14.5. The van der Waals surface area contributed by atoms with E-state index in [0.717, 1.165) is 11.4 Å². The molecule has 0 aliphatic heterocycles. The fourth-order valence-electron chi connectivity index (χ4n) is 1.77. The maximum Gasteiger partial charge on any atom is 0.405 e. The molecule has 0 fully saturated rings. The summed E-state index contributed by atoms with van der Waals surface area (Å²) in [4.78, 5) is 0.979. The third-order valence-corrected chi connectivity index (χ3v) is 2.68. The summed E-state index contributed by atoms with van der Waals surface area (Å²) >= 11 is 0. The molecule has 0 aliphatic carbocycles. The van der Waals surface area contributed by atoms with Gasteiger partial charge in [-0.25, -0.2) is 4.39 Å². The van der Waals surface area contributed by atoms with E-state index in [1.807, 2.05) is 6.92 Å². The highest BCUT2D eigenvalue weighted by Gasteiger charge is 2.31. The van der Waals surface area contributed by atoms with E-state index in [1.165, 1.54) is 12.1 Å². The molecule has 19 heavy (non-hydrogen) atoms. The minimum absolute atomic E-state index is 0.0138. The van der Waals surface area contributed by atoms with Crippen LogP contribution in [0, 0.1) is 5.82 Å². The van der Waals surface area contributed by atoms with E-state index in [2.05, 4.69) is 5.32 Å². The van der Waals surface area contributed by atoms with Crippen LogP contribution >= 0.6 is 0 Å². The number of benzene rings is 1. The Morgan fingerprint density at radius 3 is 2.37 bits per heavy atom. The fraction of sp³-hybridized carbons (Fsp3) is 0.538. The van der Waals surface area contributed by atoms with E-state index in [-0.39, 0.29) is 12.2 Å². The number of hydrogen-bond donors (Lipinski definition) is 1. The summed E-state index contributed by atoms with van der Waals surface area (Å²) in [5.74, 6) is -0.624. The Kier molecular flexibility index (Phi) is 5.60. The van der Waals surface area contributed by atoms with E-state index in [9.17, 15) is 17.6 Å². The lowest BCUT2D eigenvalue weighted by Gasteiger charge is -2.25. The molecule has 0 spiro atoms.